The second-order valence-electron chi connectivity index (χ2n) is 5.60. The molecule has 0 aromatic heterocycles. The second-order valence-corrected chi connectivity index (χ2v) is 5.60. The van der Waals surface area contributed by atoms with Crippen LogP contribution in [0.4, 0.5) is 5.69 Å². The van der Waals surface area contributed by atoms with Crippen molar-refractivity contribution in [3.63, 3.8) is 0 Å². The first-order valence-corrected chi connectivity index (χ1v) is 6.98. The van der Waals surface area contributed by atoms with Gasteiger partial charge in [-0.05, 0) is 23.6 Å². The maximum atomic E-state index is 12.3. The summed E-state index contributed by atoms with van der Waals surface area (Å²) >= 11 is 0. The standard InChI is InChI=1S/C16H18N2O4/c1-9(2)8-18-15(21)13(14(20)16(18)22)11-4-6-12(7-5-11)17-10(3)19/h4-7,9,20H,8H2,1-3H3,(H,17,19). The largest absolute Gasteiger partial charge is 0.502 e. The molecular formula is C16H18N2O4. The Bertz CT molecular complexity index is 659. The zero-order valence-corrected chi connectivity index (χ0v) is 12.7. The highest BCUT2D eigenvalue weighted by molar-refractivity contribution is 6.34. The molecule has 0 bridgehead atoms. The number of nitrogens with zero attached hydrogens (tertiary/aromatic N) is 1. The number of nitrogens with one attached hydrogen (secondary N) is 1. The highest BCUT2D eigenvalue weighted by Gasteiger charge is 2.39. The third-order valence-corrected chi connectivity index (χ3v) is 3.19. The van der Waals surface area contributed by atoms with Crippen LogP contribution < -0.4 is 5.32 Å². The lowest BCUT2D eigenvalue weighted by atomic mass is 10.0. The predicted molar refractivity (Wildman–Crippen MR) is 81.9 cm³/mol. The van der Waals surface area contributed by atoms with E-state index in [9.17, 15) is 19.5 Å². The summed E-state index contributed by atoms with van der Waals surface area (Å²) < 4.78 is 0. The molecular weight excluding hydrogens is 284 g/mol. The minimum absolute atomic E-state index is 0.0000231. The molecule has 0 atom stereocenters. The molecule has 2 N–H and O–H groups in total. The number of anilines is 1. The first kappa shape index (κ1) is 15.8. The Hall–Kier alpha value is -2.63. The Morgan fingerprint density at radius 2 is 1.77 bits per heavy atom. The smallest absolute Gasteiger partial charge is 0.296 e. The van der Waals surface area contributed by atoms with E-state index in [1.54, 1.807) is 24.3 Å². The number of benzene rings is 1. The van der Waals surface area contributed by atoms with Crippen LogP contribution in [-0.2, 0) is 14.4 Å². The first-order valence-electron chi connectivity index (χ1n) is 6.98. The average molecular weight is 302 g/mol. The minimum Gasteiger partial charge on any atom is -0.502 e. The van der Waals surface area contributed by atoms with Crippen LogP contribution >= 0.6 is 0 Å². The summed E-state index contributed by atoms with van der Waals surface area (Å²) in [5, 5.41) is 12.6. The van der Waals surface area contributed by atoms with Gasteiger partial charge < -0.3 is 10.4 Å². The van der Waals surface area contributed by atoms with E-state index in [0.717, 1.165) is 4.90 Å². The highest BCUT2D eigenvalue weighted by atomic mass is 16.3. The van der Waals surface area contributed by atoms with Gasteiger partial charge in [-0.3, -0.25) is 19.3 Å². The molecule has 116 valence electrons. The molecule has 6 heteroatoms. The quantitative estimate of drug-likeness (QED) is 0.832. The van der Waals surface area contributed by atoms with E-state index in [4.69, 9.17) is 0 Å². The summed E-state index contributed by atoms with van der Waals surface area (Å²) in [6.07, 6.45) is 0. The summed E-state index contributed by atoms with van der Waals surface area (Å²) in [6, 6.07) is 6.39. The van der Waals surface area contributed by atoms with Gasteiger partial charge in [0.05, 0.1) is 5.57 Å². The fraction of sp³-hybridized carbons (Fsp3) is 0.312. The molecule has 0 saturated carbocycles. The normalized spacial score (nSPS) is 15.0. The average Bonchev–Trinajstić information content (AvgIpc) is 2.63. The lowest BCUT2D eigenvalue weighted by Gasteiger charge is -2.16. The Morgan fingerprint density at radius 1 is 1.18 bits per heavy atom. The van der Waals surface area contributed by atoms with Gasteiger partial charge in [-0.15, -0.1) is 0 Å². The fourth-order valence-corrected chi connectivity index (χ4v) is 2.28. The zero-order chi connectivity index (χ0) is 16.4. The molecule has 1 heterocycles. The van der Waals surface area contributed by atoms with Crippen LogP contribution in [0, 0.1) is 5.92 Å². The molecule has 0 radical (unpaired) electrons. The zero-order valence-electron chi connectivity index (χ0n) is 12.7. The SMILES string of the molecule is CC(=O)Nc1ccc(C2=C(O)C(=O)N(CC(C)C)C2=O)cc1. The van der Waals surface area contributed by atoms with Crippen LogP contribution in [0.25, 0.3) is 5.57 Å². The molecule has 1 aliphatic rings. The number of hydrogen-bond donors (Lipinski definition) is 2. The Morgan fingerprint density at radius 3 is 2.27 bits per heavy atom. The van der Waals surface area contributed by atoms with Gasteiger partial charge in [0.15, 0.2) is 5.76 Å². The lowest BCUT2D eigenvalue weighted by Crippen LogP contribution is -2.34. The van der Waals surface area contributed by atoms with Crippen molar-refractivity contribution in [2.45, 2.75) is 20.8 Å². The molecule has 2 rings (SSSR count). The van der Waals surface area contributed by atoms with Crippen LogP contribution in [-0.4, -0.2) is 34.3 Å². The molecule has 1 aromatic carbocycles. The van der Waals surface area contributed by atoms with E-state index in [2.05, 4.69) is 5.32 Å². The van der Waals surface area contributed by atoms with Crippen molar-refractivity contribution in [1.29, 1.82) is 0 Å². The molecule has 3 amide bonds. The van der Waals surface area contributed by atoms with E-state index in [0.29, 0.717) is 11.3 Å². The summed E-state index contributed by atoms with van der Waals surface area (Å²) in [7, 11) is 0. The molecule has 0 spiro atoms. The molecule has 0 unspecified atom stereocenters. The van der Waals surface area contributed by atoms with Gasteiger partial charge in [0.2, 0.25) is 5.91 Å². The van der Waals surface area contributed by atoms with Crippen LogP contribution in [0.15, 0.2) is 30.0 Å². The molecule has 0 saturated heterocycles. The van der Waals surface area contributed by atoms with Crippen LogP contribution in [0.2, 0.25) is 0 Å². The molecule has 1 aliphatic heterocycles. The van der Waals surface area contributed by atoms with E-state index in [-0.39, 0.29) is 23.9 Å². The van der Waals surface area contributed by atoms with Gasteiger partial charge in [-0.1, -0.05) is 26.0 Å². The van der Waals surface area contributed by atoms with Gasteiger partial charge in [-0.25, -0.2) is 0 Å². The van der Waals surface area contributed by atoms with Crippen molar-refractivity contribution in [2.75, 3.05) is 11.9 Å². The van der Waals surface area contributed by atoms with E-state index in [1.807, 2.05) is 13.8 Å². The van der Waals surface area contributed by atoms with Crippen molar-refractivity contribution in [3.8, 4) is 0 Å². The van der Waals surface area contributed by atoms with E-state index >= 15 is 0 Å². The summed E-state index contributed by atoms with van der Waals surface area (Å²) in [5.41, 5.74) is 1.02. The van der Waals surface area contributed by atoms with Crippen molar-refractivity contribution in [1.82, 2.24) is 4.90 Å². The van der Waals surface area contributed by atoms with Gasteiger partial charge in [0.25, 0.3) is 11.8 Å². The number of rotatable bonds is 4. The lowest BCUT2D eigenvalue weighted by molar-refractivity contribution is -0.138. The number of hydrogen-bond acceptors (Lipinski definition) is 4. The number of amides is 3. The second kappa shape index (κ2) is 6.01. The number of imide groups is 1. The maximum Gasteiger partial charge on any atom is 0.296 e. The van der Waals surface area contributed by atoms with Gasteiger partial charge >= 0.3 is 0 Å². The molecule has 0 aliphatic carbocycles. The van der Waals surface area contributed by atoms with E-state index < -0.39 is 17.6 Å². The molecule has 0 fully saturated rings. The van der Waals surface area contributed by atoms with Crippen molar-refractivity contribution in [2.24, 2.45) is 5.92 Å². The van der Waals surface area contributed by atoms with Gasteiger partial charge in [0, 0.05) is 19.2 Å². The third kappa shape index (κ3) is 3.00. The number of aliphatic hydroxyl groups is 1. The van der Waals surface area contributed by atoms with Crippen LogP contribution in [0.5, 0.6) is 0 Å². The third-order valence-electron chi connectivity index (χ3n) is 3.19. The van der Waals surface area contributed by atoms with Crippen LogP contribution in [0.1, 0.15) is 26.3 Å². The molecule has 1 aromatic rings. The minimum atomic E-state index is -0.667. The van der Waals surface area contributed by atoms with Crippen molar-refractivity contribution >= 4 is 29.0 Å². The molecule has 22 heavy (non-hydrogen) atoms. The predicted octanol–water partition coefficient (Wildman–Crippen LogP) is 1.94. The van der Waals surface area contributed by atoms with Gasteiger partial charge in [-0.2, -0.15) is 0 Å². The monoisotopic (exact) mass is 302 g/mol. The molecule has 6 nitrogen and oxygen atoms in total. The summed E-state index contributed by atoms with van der Waals surface area (Å²) in [4.78, 5) is 36.4. The first-order chi connectivity index (χ1) is 10.3. The highest BCUT2D eigenvalue weighted by Crippen LogP contribution is 2.29. The number of carbonyl (C=O) groups excluding carboxylic acids is 3. The topological polar surface area (TPSA) is 86.7 Å². The van der Waals surface area contributed by atoms with Gasteiger partial charge in [0.1, 0.15) is 0 Å². The Kier molecular flexibility index (Phi) is 4.30. The van der Waals surface area contributed by atoms with Crippen molar-refractivity contribution in [3.05, 3.63) is 35.6 Å². The van der Waals surface area contributed by atoms with Crippen LogP contribution in [0.3, 0.4) is 0 Å². The maximum absolute atomic E-state index is 12.3. The fourth-order valence-electron chi connectivity index (χ4n) is 2.28. The Balaban J connectivity index is 2.29. The Labute approximate surface area is 128 Å². The number of carbonyl (C=O) groups is 3. The summed E-state index contributed by atoms with van der Waals surface area (Å²) in [6.45, 7) is 5.43. The number of aliphatic hydroxyl groups excluding tert-OH is 1. The van der Waals surface area contributed by atoms with Crippen molar-refractivity contribution < 1.29 is 19.5 Å². The summed E-state index contributed by atoms with van der Waals surface area (Å²) in [5.74, 6) is -1.78. The van der Waals surface area contributed by atoms with E-state index in [1.165, 1.54) is 6.92 Å².